The number of rotatable bonds is 1. The molecule has 4 aromatic rings. The summed E-state index contributed by atoms with van der Waals surface area (Å²) < 4.78 is 68.7. The summed E-state index contributed by atoms with van der Waals surface area (Å²) in [7, 11) is 0. The van der Waals surface area contributed by atoms with Crippen LogP contribution in [0.4, 0.5) is 13.2 Å². The minimum atomic E-state index is -5.03. The first-order valence-electron chi connectivity index (χ1n) is 9.28. The smallest absolute Gasteiger partial charge is 0.372 e. The summed E-state index contributed by atoms with van der Waals surface area (Å²) in [6.07, 6.45) is -2.28. The van der Waals surface area contributed by atoms with Crippen LogP contribution in [0.25, 0.3) is 34.0 Å². The third kappa shape index (κ3) is 1.77. The molecule has 26 heavy (non-hydrogen) atoms. The molecule has 0 saturated heterocycles. The van der Waals surface area contributed by atoms with Crippen molar-refractivity contribution in [2.45, 2.75) is 11.8 Å². The number of aromatic nitrogens is 2. The summed E-state index contributed by atoms with van der Waals surface area (Å²) in [5.74, 6) is 0. The highest BCUT2D eigenvalue weighted by molar-refractivity contribution is 5.97. The van der Waals surface area contributed by atoms with E-state index in [1.54, 1.807) is 36.4 Å². The number of fused-ring (bicyclic) bond motifs is 6. The number of alkyl halides is 3. The first-order valence-corrected chi connectivity index (χ1v) is 7.98. The lowest BCUT2D eigenvalue weighted by atomic mass is 9.83. The van der Waals surface area contributed by atoms with Gasteiger partial charge in [-0.25, -0.2) is 0 Å². The number of hydrogen-bond donors (Lipinski definition) is 3. The van der Waals surface area contributed by atoms with E-state index in [-0.39, 0.29) is 44.3 Å². The standard InChI is InChI=1S/C20H13F3N2O/c21-20(22,23)19(26)17-11-5-1-3-7-13(11)24-15(17)9-10-16-18(19)12-6-2-4-8-14(12)25-16/h1-10,24-26H/i26D/hD2. The monoisotopic (exact) mass is 357 g/mol. The van der Waals surface area contributed by atoms with Crippen LogP contribution >= 0.6 is 0 Å². The second-order valence-electron chi connectivity index (χ2n) is 6.29. The van der Waals surface area contributed by atoms with Crippen molar-refractivity contribution >= 4 is 34.0 Å². The summed E-state index contributed by atoms with van der Waals surface area (Å²) >= 11 is 0. The molecule has 3 N–H and O–H groups in total. The molecule has 0 aliphatic heterocycles. The SMILES string of the molecule is [2H]OC1(C(F)(F)F)c2c(n([2H])c3ccccc23)C=Cc2c1c1ccccc1n2[2H]. The molecule has 2 aromatic carbocycles. The van der Waals surface area contributed by atoms with E-state index in [2.05, 4.69) is 5.11 Å². The van der Waals surface area contributed by atoms with Gasteiger partial charge in [0.2, 0.25) is 7.03 Å². The van der Waals surface area contributed by atoms with Crippen LogP contribution in [0, 0.1) is 0 Å². The largest absolute Gasteiger partial charge is 0.425 e. The van der Waals surface area contributed by atoms with Crippen molar-refractivity contribution in [3.05, 3.63) is 71.0 Å². The zero-order valence-electron chi connectivity index (χ0n) is 16.2. The van der Waals surface area contributed by atoms with E-state index in [1.807, 2.05) is 0 Å². The molecule has 1 aliphatic rings. The van der Waals surface area contributed by atoms with Crippen LogP contribution < -0.4 is 0 Å². The van der Waals surface area contributed by atoms with Crippen molar-refractivity contribution in [2.75, 3.05) is 0 Å². The number of aliphatic hydroxyl groups is 1. The van der Waals surface area contributed by atoms with Gasteiger partial charge in [0.05, 0.1) is 0 Å². The van der Waals surface area contributed by atoms with Crippen molar-refractivity contribution in [1.29, 1.82) is 1.43 Å². The van der Waals surface area contributed by atoms with E-state index in [0.717, 1.165) is 9.95 Å². The Morgan fingerprint density at radius 3 is 1.73 bits per heavy atom. The topological polar surface area (TPSA) is 51.8 Å². The molecule has 2 aromatic heterocycles. The van der Waals surface area contributed by atoms with E-state index in [0.29, 0.717) is 0 Å². The third-order valence-electron chi connectivity index (χ3n) is 4.84. The van der Waals surface area contributed by atoms with Crippen molar-refractivity contribution in [2.24, 2.45) is 0 Å². The van der Waals surface area contributed by atoms with Gasteiger partial charge in [-0.2, -0.15) is 13.2 Å². The minimum absolute atomic E-state index is 0.0453. The van der Waals surface area contributed by atoms with E-state index in [9.17, 15) is 13.2 Å². The zero-order chi connectivity index (χ0) is 20.6. The predicted molar refractivity (Wildman–Crippen MR) is 94.6 cm³/mol. The second kappa shape index (κ2) is 4.80. The average molecular weight is 357 g/mol. The van der Waals surface area contributed by atoms with E-state index in [1.165, 1.54) is 24.3 Å². The number of aromatic amines is 2. The summed E-state index contributed by atoms with van der Waals surface area (Å²) in [5, 5.41) is 4.95. The molecule has 1 aliphatic carbocycles. The van der Waals surface area contributed by atoms with Gasteiger partial charge in [0, 0.05) is 44.3 Å². The Hall–Kier alpha value is -2.99. The zero-order valence-corrected chi connectivity index (χ0v) is 13.2. The van der Waals surface area contributed by atoms with Crippen molar-refractivity contribution in [3.8, 4) is 0 Å². The molecule has 130 valence electrons. The molecule has 5 rings (SSSR count). The maximum atomic E-state index is 14.8. The van der Waals surface area contributed by atoms with E-state index < -0.39 is 11.8 Å². The number of hydrogen-bond acceptors (Lipinski definition) is 1. The number of para-hydroxylation sites is 2. The maximum absolute atomic E-state index is 14.8. The molecule has 6 heteroatoms. The Kier molecular flexibility index (Phi) is 2.28. The first-order chi connectivity index (χ1) is 13.8. The van der Waals surface area contributed by atoms with Gasteiger partial charge in [-0.15, -0.1) is 0 Å². The van der Waals surface area contributed by atoms with Gasteiger partial charge >= 0.3 is 6.18 Å². The Labute approximate surface area is 150 Å². The fourth-order valence-electron chi connectivity index (χ4n) is 3.76. The Bertz CT molecular complexity index is 1230. The third-order valence-corrected chi connectivity index (χ3v) is 4.84. The highest BCUT2D eigenvalue weighted by atomic mass is 19.4. The van der Waals surface area contributed by atoms with Crippen LogP contribution in [0.5, 0.6) is 0 Å². The van der Waals surface area contributed by atoms with Crippen molar-refractivity contribution < 1.29 is 21.1 Å². The highest BCUT2D eigenvalue weighted by Gasteiger charge is 2.60. The predicted octanol–water partition coefficient (Wildman–Crippen LogP) is 4.93. The van der Waals surface area contributed by atoms with Crippen molar-refractivity contribution in [3.63, 3.8) is 0 Å². The minimum Gasteiger partial charge on any atom is -0.372 e. The second-order valence-corrected chi connectivity index (χ2v) is 6.29. The molecule has 0 saturated carbocycles. The maximum Gasteiger partial charge on any atom is 0.425 e. The van der Waals surface area contributed by atoms with Crippen LogP contribution in [-0.2, 0) is 5.60 Å². The Balaban J connectivity index is 2.07. The fraction of sp³-hybridized carbons (Fsp3) is 0.100. The lowest BCUT2D eigenvalue weighted by Gasteiger charge is -2.31. The van der Waals surface area contributed by atoms with E-state index >= 15 is 0 Å². The highest BCUT2D eigenvalue weighted by Crippen LogP contribution is 2.52. The van der Waals surface area contributed by atoms with Crippen LogP contribution in [-0.4, -0.2) is 22.7 Å². The molecular formula is C20H13F3N2O. The molecule has 3 nitrogen and oxygen atoms in total. The lowest BCUT2D eigenvalue weighted by Crippen LogP contribution is -2.43. The van der Waals surface area contributed by atoms with E-state index in [4.69, 9.17) is 4.25 Å². The van der Waals surface area contributed by atoms with Crippen molar-refractivity contribution in [1.82, 2.24) is 9.95 Å². The summed E-state index contributed by atoms with van der Waals surface area (Å²) in [4.78, 5) is 1.81. The number of nitrogens with one attached hydrogen (secondary N) is 2. The summed E-state index contributed by atoms with van der Waals surface area (Å²) in [6.45, 7) is 0. The van der Waals surface area contributed by atoms with Gasteiger partial charge in [-0.05, 0) is 24.3 Å². The van der Waals surface area contributed by atoms with Gasteiger partial charge in [0.25, 0.3) is 0 Å². The number of H-pyrrole nitrogens is 2. The van der Waals surface area contributed by atoms with Gasteiger partial charge < -0.3 is 15.1 Å². The molecular weight excluding hydrogens is 341 g/mol. The lowest BCUT2D eigenvalue weighted by molar-refractivity contribution is -0.247. The fourth-order valence-corrected chi connectivity index (χ4v) is 3.76. The van der Waals surface area contributed by atoms with Gasteiger partial charge in [-0.1, -0.05) is 36.4 Å². The Morgan fingerprint density at radius 1 is 0.846 bits per heavy atom. The molecule has 0 fully saturated rings. The van der Waals surface area contributed by atoms with Crippen LogP contribution in [0.2, 0.25) is 2.82 Å². The number of halogens is 3. The summed E-state index contributed by atoms with van der Waals surface area (Å²) in [5.41, 5.74) is -3.36. The van der Waals surface area contributed by atoms with Crippen LogP contribution in [0.15, 0.2) is 48.5 Å². The molecule has 0 bridgehead atoms. The molecule has 0 atom stereocenters. The first kappa shape index (κ1) is 12.4. The van der Waals surface area contributed by atoms with Crippen LogP contribution in [0.1, 0.15) is 22.5 Å². The average Bonchev–Trinajstić information content (AvgIpc) is 3.07. The molecule has 0 amide bonds. The Morgan fingerprint density at radius 2 is 1.31 bits per heavy atom. The molecule has 0 unspecified atom stereocenters. The number of benzene rings is 2. The van der Waals surface area contributed by atoms with Gasteiger partial charge in [-0.3, -0.25) is 0 Å². The van der Waals surface area contributed by atoms with Gasteiger partial charge in [0.15, 0.2) is 2.82 Å². The molecule has 2 heterocycles. The normalized spacial score (nSPS) is 17.4. The summed E-state index contributed by atoms with van der Waals surface area (Å²) in [6, 6.07) is 12.5. The van der Waals surface area contributed by atoms with Crippen LogP contribution in [0.3, 0.4) is 0 Å². The van der Waals surface area contributed by atoms with Gasteiger partial charge in [0.1, 0.15) is 0 Å². The quantitative estimate of drug-likeness (QED) is 0.444. The molecule has 0 spiro atoms. The molecule has 0 radical (unpaired) electrons.